The fraction of sp³-hybridized carbons (Fsp3) is 0.375. The SMILES string of the molecule is CCNc1nc(CC)nc(Oc2ccc(Cl)c(C)c2)c1C. The first-order valence-electron chi connectivity index (χ1n) is 7.10. The monoisotopic (exact) mass is 305 g/mol. The van der Waals surface area contributed by atoms with Gasteiger partial charge >= 0.3 is 0 Å². The van der Waals surface area contributed by atoms with Gasteiger partial charge in [-0.05, 0) is 44.5 Å². The maximum absolute atomic E-state index is 6.04. The number of halogens is 1. The van der Waals surface area contributed by atoms with Gasteiger partial charge in [0.05, 0.1) is 5.56 Å². The molecule has 1 aromatic carbocycles. The van der Waals surface area contributed by atoms with E-state index in [1.165, 1.54) is 0 Å². The number of rotatable bonds is 5. The van der Waals surface area contributed by atoms with Crippen molar-refractivity contribution in [2.75, 3.05) is 11.9 Å². The van der Waals surface area contributed by atoms with E-state index in [4.69, 9.17) is 16.3 Å². The molecule has 2 rings (SSSR count). The third-order valence-electron chi connectivity index (χ3n) is 3.15. The summed E-state index contributed by atoms with van der Waals surface area (Å²) in [5.74, 6) is 2.89. The Bertz CT molecular complexity index is 644. The Morgan fingerprint density at radius 3 is 2.57 bits per heavy atom. The molecular formula is C16H20ClN3O. The zero-order valence-electron chi connectivity index (χ0n) is 12.8. The van der Waals surface area contributed by atoms with Crippen LogP contribution in [0.2, 0.25) is 5.02 Å². The number of anilines is 1. The fourth-order valence-electron chi connectivity index (χ4n) is 1.93. The molecule has 0 radical (unpaired) electrons. The van der Waals surface area contributed by atoms with Gasteiger partial charge in [0.25, 0.3) is 0 Å². The highest BCUT2D eigenvalue weighted by atomic mass is 35.5. The molecular weight excluding hydrogens is 286 g/mol. The molecule has 0 bridgehead atoms. The largest absolute Gasteiger partial charge is 0.439 e. The summed E-state index contributed by atoms with van der Waals surface area (Å²) >= 11 is 6.04. The average Bonchev–Trinajstić information content (AvgIpc) is 2.47. The van der Waals surface area contributed by atoms with Crippen molar-refractivity contribution in [2.45, 2.75) is 34.1 Å². The number of nitrogens with zero attached hydrogens (tertiary/aromatic N) is 2. The topological polar surface area (TPSA) is 47.0 Å². The number of hydrogen-bond donors (Lipinski definition) is 1. The molecule has 0 spiro atoms. The predicted octanol–water partition coefficient (Wildman–Crippen LogP) is 4.53. The minimum atomic E-state index is 0.583. The number of benzene rings is 1. The number of hydrogen-bond acceptors (Lipinski definition) is 4. The molecule has 0 aliphatic carbocycles. The maximum Gasteiger partial charge on any atom is 0.227 e. The summed E-state index contributed by atoms with van der Waals surface area (Å²) in [6.07, 6.45) is 0.759. The van der Waals surface area contributed by atoms with Gasteiger partial charge in [-0.1, -0.05) is 18.5 Å². The fourth-order valence-corrected chi connectivity index (χ4v) is 2.05. The Balaban J connectivity index is 2.37. The highest BCUT2D eigenvalue weighted by Gasteiger charge is 2.12. The van der Waals surface area contributed by atoms with Crippen molar-refractivity contribution in [3.8, 4) is 11.6 Å². The Labute approximate surface area is 130 Å². The Morgan fingerprint density at radius 1 is 1.19 bits per heavy atom. The molecule has 1 aromatic heterocycles. The van der Waals surface area contributed by atoms with Crippen LogP contribution in [0.3, 0.4) is 0 Å². The Kier molecular flexibility index (Phi) is 5.02. The summed E-state index contributed by atoms with van der Waals surface area (Å²) in [5.41, 5.74) is 1.88. The van der Waals surface area contributed by atoms with Gasteiger partial charge in [-0.2, -0.15) is 4.98 Å². The van der Waals surface area contributed by atoms with Gasteiger partial charge < -0.3 is 10.1 Å². The molecule has 2 aromatic rings. The van der Waals surface area contributed by atoms with Gasteiger partial charge in [-0.25, -0.2) is 4.98 Å². The average molecular weight is 306 g/mol. The van der Waals surface area contributed by atoms with Gasteiger partial charge in [0.1, 0.15) is 17.4 Å². The van der Waals surface area contributed by atoms with E-state index in [0.29, 0.717) is 5.88 Å². The summed E-state index contributed by atoms with van der Waals surface area (Å²) in [6, 6.07) is 5.58. The van der Waals surface area contributed by atoms with Crippen molar-refractivity contribution in [3.05, 3.63) is 40.2 Å². The predicted molar refractivity (Wildman–Crippen MR) is 86.6 cm³/mol. The van der Waals surface area contributed by atoms with Crippen LogP contribution in [-0.2, 0) is 6.42 Å². The van der Waals surface area contributed by atoms with Crippen LogP contribution in [-0.4, -0.2) is 16.5 Å². The summed E-state index contributed by atoms with van der Waals surface area (Å²) < 4.78 is 5.92. The number of aryl methyl sites for hydroxylation is 2. The van der Waals surface area contributed by atoms with E-state index in [0.717, 1.165) is 46.5 Å². The van der Waals surface area contributed by atoms with Crippen LogP contribution < -0.4 is 10.1 Å². The Morgan fingerprint density at radius 2 is 1.95 bits per heavy atom. The zero-order valence-corrected chi connectivity index (χ0v) is 13.6. The molecule has 112 valence electrons. The summed E-state index contributed by atoms with van der Waals surface area (Å²) in [6.45, 7) is 8.77. The molecule has 21 heavy (non-hydrogen) atoms. The molecule has 0 aliphatic rings. The van der Waals surface area contributed by atoms with Crippen LogP contribution >= 0.6 is 11.6 Å². The molecule has 1 N–H and O–H groups in total. The van der Waals surface area contributed by atoms with Crippen molar-refractivity contribution >= 4 is 17.4 Å². The highest BCUT2D eigenvalue weighted by Crippen LogP contribution is 2.29. The van der Waals surface area contributed by atoms with Gasteiger partial charge in [0.15, 0.2) is 0 Å². The third-order valence-corrected chi connectivity index (χ3v) is 3.58. The van der Waals surface area contributed by atoms with Gasteiger partial charge in [0, 0.05) is 18.0 Å². The van der Waals surface area contributed by atoms with Crippen molar-refractivity contribution < 1.29 is 4.74 Å². The van der Waals surface area contributed by atoms with E-state index in [-0.39, 0.29) is 0 Å². The molecule has 0 aliphatic heterocycles. The summed E-state index contributed by atoms with van der Waals surface area (Å²) in [5, 5.41) is 3.97. The number of nitrogens with one attached hydrogen (secondary N) is 1. The standard InChI is InChI=1S/C16H20ClN3O/c1-5-14-19-15(18-6-2)11(4)16(20-14)21-12-7-8-13(17)10(3)9-12/h7-9H,5-6H2,1-4H3,(H,18,19,20). The molecule has 0 saturated carbocycles. The summed E-state index contributed by atoms with van der Waals surface area (Å²) in [7, 11) is 0. The first kappa shape index (κ1) is 15.6. The second-order valence-corrected chi connectivity index (χ2v) is 5.22. The lowest BCUT2D eigenvalue weighted by atomic mass is 10.2. The van der Waals surface area contributed by atoms with E-state index in [1.807, 2.05) is 45.9 Å². The normalized spacial score (nSPS) is 10.5. The van der Waals surface area contributed by atoms with Crippen molar-refractivity contribution in [1.82, 2.24) is 9.97 Å². The maximum atomic E-state index is 6.04. The van der Waals surface area contributed by atoms with E-state index in [2.05, 4.69) is 15.3 Å². The van der Waals surface area contributed by atoms with E-state index in [9.17, 15) is 0 Å². The molecule has 0 amide bonds. The first-order chi connectivity index (χ1) is 10.0. The van der Waals surface area contributed by atoms with E-state index < -0.39 is 0 Å². The lowest BCUT2D eigenvalue weighted by Gasteiger charge is -2.13. The van der Waals surface area contributed by atoms with E-state index in [1.54, 1.807) is 0 Å². The molecule has 5 heteroatoms. The zero-order chi connectivity index (χ0) is 15.4. The van der Waals surface area contributed by atoms with Crippen LogP contribution in [0.1, 0.15) is 30.8 Å². The van der Waals surface area contributed by atoms with E-state index >= 15 is 0 Å². The van der Waals surface area contributed by atoms with Crippen molar-refractivity contribution in [1.29, 1.82) is 0 Å². The Hall–Kier alpha value is -1.81. The van der Waals surface area contributed by atoms with Crippen LogP contribution in [0, 0.1) is 13.8 Å². The lowest BCUT2D eigenvalue weighted by Crippen LogP contribution is -2.07. The van der Waals surface area contributed by atoms with Crippen LogP contribution in [0.4, 0.5) is 5.82 Å². The molecule has 0 saturated heterocycles. The quantitative estimate of drug-likeness (QED) is 0.881. The molecule has 4 nitrogen and oxygen atoms in total. The van der Waals surface area contributed by atoms with Crippen LogP contribution in [0.25, 0.3) is 0 Å². The molecule has 0 fully saturated rings. The third kappa shape index (κ3) is 3.64. The first-order valence-corrected chi connectivity index (χ1v) is 7.48. The van der Waals surface area contributed by atoms with Crippen molar-refractivity contribution in [2.24, 2.45) is 0 Å². The van der Waals surface area contributed by atoms with Crippen molar-refractivity contribution in [3.63, 3.8) is 0 Å². The molecule has 0 atom stereocenters. The van der Waals surface area contributed by atoms with Gasteiger partial charge in [-0.15, -0.1) is 0 Å². The van der Waals surface area contributed by atoms with Gasteiger partial charge in [-0.3, -0.25) is 0 Å². The summed E-state index contributed by atoms with van der Waals surface area (Å²) in [4.78, 5) is 8.97. The second kappa shape index (κ2) is 6.76. The minimum Gasteiger partial charge on any atom is -0.439 e. The van der Waals surface area contributed by atoms with Crippen LogP contribution in [0.5, 0.6) is 11.6 Å². The van der Waals surface area contributed by atoms with Gasteiger partial charge in [0.2, 0.25) is 5.88 Å². The number of ether oxygens (including phenoxy) is 1. The lowest BCUT2D eigenvalue weighted by molar-refractivity contribution is 0.454. The van der Waals surface area contributed by atoms with Crippen LogP contribution in [0.15, 0.2) is 18.2 Å². The minimum absolute atomic E-state index is 0.583. The molecule has 1 heterocycles. The number of aromatic nitrogens is 2. The smallest absolute Gasteiger partial charge is 0.227 e. The second-order valence-electron chi connectivity index (χ2n) is 4.82. The highest BCUT2D eigenvalue weighted by molar-refractivity contribution is 6.31. The molecule has 0 unspecified atom stereocenters.